The van der Waals surface area contributed by atoms with E-state index in [9.17, 15) is 14.4 Å². The number of aryl methyl sites for hydroxylation is 1. The second kappa shape index (κ2) is 8.06. The van der Waals surface area contributed by atoms with E-state index in [2.05, 4.69) is 18.8 Å². The standard InChI is InChI=1S/C17H23NO5/c1-11(2)6-7-22-8-9-23-17(21)13-10-12-14(18-16(13)20)4-3-5-15(12)19/h10-11H,3-9H2,1-2H3,(H,18,20). The van der Waals surface area contributed by atoms with Gasteiger partial charge in [-0.25, -0.2) is 4.79 Å². The summed E-state index contributed by atoms with van der Waals surface area (Å²) in [6.45, 7) is 5.20. The molecule has 0 spiro atoms. The molecule has 0 aliphatic heterocycles. The van der Waals surface area contributed by atoms with Gasteiger partial charge in [-0.1, -0.05) is 13.8 Å². The Kier molecular flexibility index (Phi) is 6.10. The Hall–Kier alpha value is -1.95. The molecular weight excluding hydrogens is 298 g/mol. The van der Waals surface area contributed by atoms with Crippen molar-refractivity contribution in [2.45, 2.75) is 39.5 Å². The van der Waals surface area contributed by atoms with E-state index < -0.39 is 11.5 Å². The Balaban J connectivity index is 1.91. The van der Waals surface area contributed by atoms with E-state index in [0.29, 0.717) is 43.2 Å². The molecule has 1 N–H and O–H groups in total. The molecule has 0 saturated carbocycles. The highest BCUT2D eigenvalue weighted by Gasteiger charge is 2.22. The lowest BCUT2D eigenvalue weighted by atomic mass is 9.94. The topological polar surface area (TPSA) is 85.5 Å². The summed E-state index contributed by atoms with van der Waals surface area (Å²) in [5.41, 5.74) is 0.404. The minimum atomic E-state index is -0.722. The number of ketones is 1. The van der Waals surface area contributed by atoms with Crippen LogP contribution in [0.2, 0.25) is 0 Å². The summed E-state index contributed by atoms with van der Waals surface area (Å²) < 4.78 is 10.4. The quantitative estimate of drug-likeness (QED) is 0.614. The number of carbonyl (C=O) groups is 2. The smallest absolute Gasteiger partial charge is 0.343 e. The number of hydrogen-bond donors (Lipinski definition) is 1. The number of ether oxygens (including phenoxy) is 2. The van der Waals surface area contributed by atoms with Gasteiger partial charge in [-0.2, -0.15) is 0 Å². The number of fused-ring (bicyclic) bond motifs is 1. The van der Waals surface area contributed by atoms with Crippen LogP contribution >= 0.6 is 0 Å². The van der Waals surface area contributed by atoms with Crippen molar-refractivity contribution in [1.29, 1.82) is 0 Å². The van der Waals surface area contributed by atoms with Gasteiger partial charge in [-0.15, -0.1) is 0 Å². The zero-order valence-electron chi connectivity index (χ0n) is 13.6. The van der Waals surface area contributed by atoms with Gasteiger partial charge in [0.2, 0.25) is 0 Å². The molecule has 1 aliphatic carbocycles. The normalized spacial score (nSPS) is 14.0. The van der Waals surface area contributed by atoms with Crippen LogP contribution < -0.4 is 5.56 Å². The predicted octanol–water partition coefficient (Wildman–Crippen LogP) is 2.11. The van der Waals surface area contributed by atoms with Crippen LogP contribution in [0.3, 0.4) is 0 Å². The van der Waals surface area contributed by atoms with Gasteiger partial charge < -0.3 is 14.5 Å². The lowest BCUT2D eigenvalue weighted by Crippen LogP contribution is -2.26. The van der Waals surface area contributed by atoms with Gasteiger partial charge in [0.15, 0.2) is 5.78 Å². The molecule has 2 rings (SSSR count). The van der Waals surface area contributed by atoms with Gasteiger partial charge >= 0.3 is 5.97 Å². The zero-order chi connectivity index (χ0) is 16.8. The van der Waals surface area contributed by atoms with Gasteiger partial charge in [-0.3, -0.25) is 9.59 Å². The Morgan fingerprint density at radius 3 is 2.74 bits per heavy atom. The number of aromatic amines is 1. The first-order chi connectivity index (χ1) is 11.0. The van der Waals surface area contributed by atoms with E-state index in [4.69, 9.17) is 9.47 Å². The summed E-state index contributed by atoms with van der Waals surface area (Å²) in [6, 6.07) is 1.36. The average Bonchev–Trinajstić information content (AvgIpc) is 2.50. The van der Waals surface area contributed by atoms with Gasteiger partial charge in [0, 0.05) is 24.3 Å². The van der Waals surface area contributed by atoms with Gasteiger partial charge in [-0.05, 0) is 31.2 Å². The molecule has 0 radical (unpaired) electrons. The summed E-state index contributed by atoms with van der Waals surface area (Å²) in [6.07, 6.45) is 2.76. The SMILES string of the molecule is CC(C)CCOCCOC(=O)c1cc2c([nH]c1=O)CCCC2=O. The number of carbonyl (C=O) groups excluding carboxylic acids is 2. The van der Waals surface area contributed by atoms with E-state index in [1.54, 1.807) is 0 Å². The fourth-order valence-electron chi connectivity index (χ4n) is 2.42. The maximum atomic E-state index is 12.0. The Morgan fingerprint density at radius 1 is 1.22 bits per heavy atom. The summed E-state index contributed by atoms with van der Waals surface area (Å²) >= 11 is 0. The number of aromatic nitrogens is 1. The number of nitrogens with one attached hydrogen (secondary N) is 1. The molecule has 1 aromatic rings. The highest BCUT2D eigenvalue weighted by molar-refractivity contribution is 6.00. The fourth-order valence-corrected chi connectivity index (χ4v) is 2.42. The maximum absolute atomic E-state index is 12.0. The summed E-state index contributed by atoms with van der Waals surface area (Å²) in [5.74, 6) is -0.211. The van der Waals surface area contributed by atoms with Crippen LogP contribution in [0, 0.1) is 5.92 Å². The summed E-state index contributed by atoms with van der Waals surface area (Å²) in [5, 5.41) is 0. The molecule has 6 heteroatoms. The molecule has 126 valence electrons. The highest BCUT2D eigenvalue weighted by atomic mass is 16.6. The third-order valence-electron chi connectivity index (χ3n) is 3.77. The Morgan fingerprint density at radius 2 is 2.00 bits per heavy atom. The molecule has 0 saturated heterocycles. The molecule has 0 fully saturated rings. The van der Waals surface area contributed by atoms with E-state index in [1.807, 2.05) is 0 Å². The van der Waals surface area contributed by atoms with Crippen molar-refractivity contribution in [2.75, 3.05) is 19.8 Å². The number of H-pyrrole nitrogens is 1. The average molecular weight is 321 g/mol. The minimum absolute atomic E-state index is 0.0476. The van der Waals surface area contributed by atoms with Crippen molar-refractivity contribution in [1.82, 2.24) is 4.98 Å². The molecule has 0 amide bonds. The summed E-state index contributed by atoms with van der Waals surface area (Å²) in [4.78, 5) is 38.4. The largest absolute Gasteiger partial charge is 0.459 e. The number of pyridine rings is 1. The molecule has 0 bridgehead atoms. The second-order valence-corrected chi connectivity index (χ2v) is 6.11. The number of esters is 1. The zero-order valence-corrected chi connectivity index (χ0v) is 13.6. The van der Waals surface area contributed by atoms with E-state index in [1.165, 1.54) is 6.07 Å². The molecule has 23 heavy (non-hydrogen) atoms. The van der Waals surface area contributed by atoms with Crippen LogP contribution in [0.15, 0.2) is 10.9 Å². The lowest BCUT2D eigenvalue weighted by Gasteiger charge is -2.14. The monoisotopic (exact) mass is 321 g/mol. The van der Waals surface area contributed by atoms with Crippen LogP contribution in [0.25, 0.3) is 0 Å². The van der Waals surface area contributed by atoms with Crippen molar-refractivity contribution in [3.05, 3.63) is 33.2 Å². The van der Waals surface area contributed by atoms with Crippen LogP contribution in [0.5, 0.6) is 0 Å². The number of rotatable bonds is 7. The molecule has 0 atom stereocenters. The first-order valence-electron chi connectivity index (χ1n) is 8.03. The minimum Gasteiger partial charge on any atom is -0.459 e. The van der Waals surface area contributed by atoms with Gasteiger partial charge in [0.05, 0.1) is 6.61 Å². The molecule has 0 unspecified atom stereocenters. The lowest BCUT2D eigenvalue weighted by molar-refractivity contribution is 0.0301. The van der Waals surface area contributed by atoms with Crippen molar-refractivity contribution in [3.63, 3.8) is 0 Å². The highest BCUT2D eigenvalue weighted by Crippen LogP contribution is 2.18. The molecule has 0 aromatic carbocycles. The van der Waals surface area contributed by atoms with Crippen molar-refractivity contribution >= 4 is 11.8 Å². The first-order valence-corrected chi connectivity index (χ1v) is 8.03. The first kappa shape index (κ1) is 17.4. The number of Topliss-reactive ketones (excluding diaryl/α,β-unsaturated/α-hetero) is 1. The molecule has 6 nitrogen and oxygen atoms in total. The molecular formula is C17H23NO5. The van der Waals surface area contributed by atoms with Crippen LogP contribution in [-0.4, -0.2) is 36.6 Å². The van der Waals surface area contributed by atoms with E-state index >= 15 is 0 Å². The second-order valence-electron chi connectivity index (χ2n) is 6.11. The van der Waals surface area contributed by atoms with Crippen molar-refractivity contribution in [2.24, 2.45) is 5.92 Å². The third kappa shape index (κ3) is 4.76. The predicted molar refractivity (Wildman–Crippen MR) is 84.9 cm³/mol. The van der Waals surface area contributed by atoms with E-state index in [0.717, 1.165) is 12.8 Å². The third-order valence-corrected chi connectivity index (χ3v) is 3.77. The maximum Gasteiger partial charge on any atom is 0.343 e. The molecule has 1 aromatic heterocycles. The van der Waals surface area contributed by atoms with Crippen molar-refractivity contribution < 1.29 is 19.1 Å². The van der Waals surface area contributed by atoms with Gasteiger partial charge in [0.1, 0.15) is 12.2 Å². The number of hydrogen-bond acceptors (Lipinski definition) is 5. The Bertz CT molecular complexity index is 632. The van der Waals surface area contributed by atoms with Crippen LogP contribution in [0.1, 0.15) is 59.5 Å². The van der Waals surface area contributed by atoms with Crippen LogP contribution in [-0.2, 0) is 15.9 Å². The molecule has 1 heterocycles. The summed E-state index contributed by atoms with van der Waals surface area (Å²) in [7, 11) is 0. The van der Waals surface area contributed by atoms with Crippen LogP contribution in [0.4, 0.5) is 0 Å². The Labute approximate surface area is 135 Å². The van der Waals surface area contributed by atoms with Crippen molar-refractivity contribution in [3.8, 4) is 0 Å². The van der Waals surface area contributed by atoms with Gasteiger partial charge in [0.25, 0.3) is 5.56 Å². The molecule has 1 aliphatic rings. The van der Waals surface area contributed by atoms with E-state index in [-0.39, 0.29) is 18.0 Å². The fraction of sp³-hybridized carbons (Fsp3) is 0.588.